The van der Waals surface area contributed by atoms with Crippen molar-refractivity contribution in [3.63, 3.8) is 0 Å². The molecule has 0 heterocycles. The Hall–Kier alpha value is -3.76. The summed E-state index contributed by atoms with van der Waals surface area (Å²) >= 11 is 0. The van der Waals surface area contributed by atoms with E-state index < -0.39 is 39.6 Å². The first-order valence-electron chi connectivity index (χ1n) is 18.7. The highest BCUT2D eigenvalue weighted by Crippen LogP contribution is 2.78. The number of aliphatic hydroxyl groups excluding tert-OH is 1. The molecule has 2 amide bonds. The number of rotatable bonds is 9. The molecule has 52 heavy (non-hydrogen) atoms. The van der Waals surface area contributed by atoms with Crippen LogP contribution in [0.5, 0.6) is 11.5 Å². The standard InChI is InChI=1S/C42H52F2N2O6/c1-25(2)45-37(49)46(23-27-7-9-29(51-5)20-33(27)52-6)24-41(50)16-13-35-39(41,4)15-12-34-38(3)14-11-28(47)21-40(38)17-18-42(34,35)30(22-40)36(48)26-8-10-31(43)32(44)19-26/h7-10,17-20,22,25,28,34-35,47,50H,11-16,21,23-24H2,1-6H3,(H,45,49)/t28?,34-,35-,38-,39+,40+,41-,42-/m1/s1. The molecule has 0 aliphatic heterocycles. The zero-order valence-corrected chi connectivity index (χ0v) is 31.1. The summed E-state index contributed by atoms with van der Waals surface area (Å²) in [6.07, 6.45) is 10.3. The molecule has 6 aliphatic rings. The molecule has 2 spiro atoms. The SMILES string of the molecule is COc1ccc(CN(C[C@]2(O)CC[C@H]3[C@]45C=C[C@@]6(C=C4C(=O)c4ccc(F)c(F)c4)CC(O)CC[C@]6(C)[C@H]5CC[C@@]32C)C(=O)NC(C)C)c(OC)c1. The van der Waals surface area contributed by atoms with E-state index in [2.05, 4.69) is 37.4 Å². The summed E-state index contributed by atoms with van der Waals surface area (Å²) in [6, 6.07) is 8.34. The second-order valence-electron chi connectivity index (χ2n) is 16.9. The van der Waals surface area contributed by atoms with E-state index in [9.17, 15) is 28.6 Å². The molecular formula is C42H52F2N2O6. The van der Waals surface area contributed by atoms with E-state index in [1.165, 1.54) is 6.07 Å². The van der Waals surface area contributed by atoms with Gasteiger partial charge in [0.1, 0.15) is 11.5 Å². The monoisotopic (exact) mass is 718 g/mol. The van der Waals surface area contributed by atoms with Crippen LogP contribution >= 0.6 is 0 Å². The van der Waals surface area contributed by atoms with Crippen LogP contribution in [0.3, 0.4) is 0 Å². The Bertz CT molecular complexity index is 1850. The summed E-state index contributed by atoms with van der Waals surface area (Å²) in [7, 11) is 3.15. The topological polar surface area (TPSA) is 108 Å². The van der Waals surface area contributed by atoms with Crippen LogP contribution in [0.25, 0.3) is 0 Å². The number of nitrogens with zero attached hydrogens (tertiary/aromatic N) is 1. The first-order chi connectivity index (χ1) is 24.6. The summed E-state index contributed by atoms with van der Waals surface area (Å²) in [5, 5.41) is 27.0. The van der Waals surface area contributed by atoms with Gasteiger partial charge < -0.3 is 29.9 Å². The lowest BCUT2D eigenvalue weighted by molar-refractivity contribution is -0.174. The van der Waals surface area contributed by atoms with Crippen LogP contribution in [-0.4, -0.2) is 65.4 Å². The van der Waals surface area contributed by atoms with Crippen molar-refractivity contribution in [1.82, 2.24) is 10.2 Å². The number of ether oxygens (including phenoxy) is 2. The van der Waals surface area contributed by atoms with E-state index in [-0.39, 0.29) is 53.8 Å². The van der Waals surface area contributed by atoms with Crippen molar-refractivity contribution in [2.45, 2.75) is 96.9 Å². The van der Waals surface area contributed by atoms with Gasteiger partial charge >= 0.3 is 6.03 Å². The van der Waals surface area contributed by atoms with Crippen molar-refractivity contribution >= 4 is 11.8 Å². The molecule has 3 saturated carbocycles. The number of benzene rings is 2. The summed E-state index contributed by atoms with van der Waals surface area (Å²) in [6.45, 7) is 8.44. The predicted molar refractivity (Wildman–Crippen MR) is 193 cm³/mol. The summed E-state index contributed by atoms with van der Waals surface area (Å²) in [5.74, 6) is -1.41. The van der Waals surface area contributed by atoms with Crippen molar-refractivity contribution in [3.05, 3.63) is 83.0 Å². The van der Waals surface area contributed by atoms with E-state index in [4.69, 9.17) is 9.47 Å². The third-order valence-corrected chi connectivity index (χ3v) is 14.1. The van der Waals surface area contributed by atoms with Crippen LogP contribution in [0.1, 0.15) is 88.6 Å². The summed E-state index contributed by atoms with van der Waals surface area (Å²) in [4.78, 5) is 30.3. The fourth-order valence-corrected chi connectivity index (χ4v) is 11.4. The van der Waals surface area contributed by atoms with E-state index >= 15 is 0 Å². The third kappa shape index (κ3) is 5.25. The fourth-order valence-electron chi connectivity index (χ4n) is 11.4. The number of halogens is 2. The van der Waals surface area contributed by atoms with Gasteiger partial charge in [0.25, 0.3) is 0 Å². The Labute approximate surface area is 305 Å². The maximum Gasteiger partial charge on any atom is 0.317 e. The summed E-state index contributed by atoms with van der Waals surface area (Å²) in [5.41, 5.74) is -2.24. The molecule has 2 aromatic carbocycles. The van der Waals surface area contributed by atoms with E-state index in [1.54, 1.807) is 25.2 Å². The molecule has 0 aromatic heterocycles. The van der Waals surface area contributed by atoms with Gasteiger partial charge in [0.15, 0.2) is 17.4 Å². The third-order valence-electron chi connectivity index (χ3n) is 14.1. The molecule has 2 bridgehead atoms. The number of hydrogen-bond donors (Lipinski definition) is 3. The molecule has 3 fully saturated rings. The molecule has 10 heteroatoms. The number of fused-ring (bicyclic) bond motifs is 1. The number of methoxy groups -OCH3 is 2. The Morgan fingerprint density at radius 3 is 2.35 bits per heavy atom. The second kappa shape index (κ2) is 12.7. The van der Waals surface area contributed by atoms with Gasteiger partial charge in [0.2, 0.25) is 0 Å². The lowest BCUT2D eigenvalue weighted by Crippen LogP contribution is -2.67. The highest BCUT2D eigenvalue weighted by atomic mass is 19.2. The molecule has 8 atom stereocenters. The number of carbonyl (C=O) groups excluding carboxylic acids is 2. The van der Waals surface area contributed by atoms with Gasteiger partial charge in [0.05, 0.1) is 39.0 Å². The van der Waals surface area contributed by atoms with Gasteiger partial charge in [-0.05, 0) is 106 Å². The Morgan fingerprint density at radius 1 is 0.942 bits per heavy atom. The minimum Gasteiger partial charge on any atom is -0.497 e. The first-order valence-corrected chi connectivity index (χ1v) is 18.7. The van der Waals surface area contributed by atoms with Gasteiger partial charge in [-0.1, -0.05) is 32.1 Å². The molecule has 8 rings (SSSR count). The number of aliphatic hydroxyl groups is 2. The van der Waals surface area contributed by atoms with Crippen molar-refractivity contribution in [3.8, 4) is 11.5 Å². The van der Waals surface area contributed by atoms with Crippen molar-refractivity contribution < 1.29 is 38.1 Å². The molecule has 0 saturated heterocycles. The molecule has 1 unspecified atom stereocenters. The number of ketones is 1. The van der Waals surface area contributed by atoms with Crippen molar-refractivity contribution in [2.24, 2.45) is 33.5 Å². The zero-order valence-electron chi connectivity index (χ0n) is 31.1. The van der Waals surface area contributed by atoms with Crippen LogP contribution in [0.15, 0.2) is 60.2 Å². The first kappa shape index (κ1) is 36.6. The van der Waals surface area contributed by atoms with Gasteiger partial charge in [-0.3, -0.25) is 4.79 Å². The second-order valence-corrected chi connectivity index (χ2v) is 16.9. The van der Waals surface area contributed by atoms with Gasteiger partial charge in [-0.15, -0.1) is 0 Å². The lowest BCUT2D eigenvalue weighted by Gasteiger charge is -2.71. The molecule has 280 valence electrons. The highest BCUT2D eigenvalue weighted by Gasteiger charge is 2.74. The number of allylic oxidation sites excluding steroid dienone is 4. The smallest absolute Gasteiger partial charge is 0.317 e. The predicted octanol–water partition coefficient (Wildman–Crippen LogP) is 7.38. The number of carbonyl (C=O) groups is 2. The average molecular weight is 719 g/mol. The van der Waals surface area contributed by atoms with Crippen molar-refractivity contribution in [2.75, 3.05) is 20.8 Å². The molecule has 8 nitrogen and oxygen atoms in total. The van der Waals surface area contributed by atoms with E-state index in [0.717, 1.165) is 30.5 Å². The van der Waals surface area contributed by atoms with Crippen LogP contribution in [0.2, 0.25) is 0 Å². The van der Waals surface area contributed by atoms with Gasteiger partial charge in [0, 0.05) is 45.1 Å². The molecule has 2 aromatic rings. The number of amides is 2. The van der Waals surface area contributed by atoms with E-state index in [1.807, 2.05) is 26.0 Å². The maximum atomic E-state index is 14.7. The highest BCUT2D eigenvalue weighted by molar-refractivity contribution is 6.10. The minimum atomic E-state index is -1.31. The van der Waals surface area contributed by atoms with Crippen LogP contribution in [0.4, 0.5) is 13.6 Å². The number of nitrogens with one attached hydrogen (secondary N) is 1. The largest absolute Gasteiger partial charge is 0.497 e. The zero-order chi connectivity index (χ0) is 37.4. The van der Waals surface area contributed by atoms with E-state index in [0.29, 0.717) is 49.2 Å². The number of urea groups is 1. The fraction of sp³-hybridized carbons (Fsp3) is 0.571. The minimum absolute atomic E-state index is 0.0241. The Kier molecular flexibility index (Phi) is 8.93. The normalized spacial score (nSPS) is 35.7. The van der Waals surface area contributed by atoms with Crippen molar-refractivity contribution in [1.29, 1.82) is 0 Å². The van der Waals surface area contributed by atoms with Gasteiger partial charge in [-0.2, -0.15) is 0 Å². The quantitative estimate of drug-likeness (QED) is 0.185. The molecule has 3 N–H and O–H groups in total. The Balaban J connectivity index is 1.30. The summed E-state index contributed by atoms with van der Waals surface area (Å²) < 4.78 is 39.8. The molecular weight excluding hydrogens is 666 g/mol. The molecule has 6 aliphatic carbocycles. The number of hydrogen-bond acceptors (Lipinski definition) is 6. The maximum absolute atomic E-state index is 14.7. The van der Waals surface area contributed by atoms with Crippen LogP contribution in [0, 0.1) is 45.1 Å². The lowest BCUT2D eigenvalue weighted by atomic mass is 9.32. The van der Waals surface area contributed by atoms with Gasteiger partial charge in [-0.25, -0.2) is 13.6 Å². The van der Waals surface area contributed by atoms with Crippen LogP contribution < -0.4 is 14.8 Å². The Morgan fingerprint density at radius 2 is 1.65 bits per heavy atom. The average Bonchev–Trinajstić information content (AvgIpc) is 3.38. The number of Topliss-reactive ketones (excluding diaryl/α,β-unsaturated/α-hetero) is 1. The molecule has 0 radical (unpaired) electrons. The van der Waals surface area contributed by atoms with Crippen LogP contribution in [-0.2, 0) is 6.54 Å².